The van der Waals surface area contributed by atoms with Gasteiger partial charge in [0.05, 0.1) is 0 Å². The van der Waals surface area contributed by atoms with Gasteiger partial charge in [-0.1, -0.05) is 12.1 Å². The van der Waals surface area contributed by atoms with Crippen molar-refractivity contribution in [1.29, 1.82) is 0 Å². The van der Waals surface area contributed by atoms with E-state index in [0.29, 0.717) is 17.4 Å². The molecule has 138 valence electrons. The van der Waals surface area contributed by atoms with Crippen LogP contribution in [0.3, 0.4) is 0 Å². The number of benzene rings is 1. The van der Waals surface area contributed by atoms with Gasteiger partial charge in [0, 0.05) is 19.2 Å². The molecule has 0 saturated carbocycles. The summed E-state index contributed by atoms with van der Waals surface area (Å²) in [5.74, 6) is 0.854. The number of fused-ring (bicyclic) bond motifs is 1. The lowest BCUT2D eigenvalue weighted by atomic mass is 9.88. The topological polar surface area (TPSA) is 41.6 Å². The summed E-state index contributed by atoms with van der Waals surface area (Å²) < 4.78 is 40.1. The number of nitrogens with one attached hydrogen (secondary N) is 1. The summed E-state index contributed by atoms with van der Waals surface area (Å²) in [6, 6.07) is 5.43. The van der Waals surface area contributed by atoms with E-state index in [1.165, 1.54) is 30.3 Å². The third kappa shape index (κ3) is 5.37. The van der Waals surface area contributed by atoms with Crippen LogP contribution in [0.25, 0.3) is 6.08 Å². The highest BCUT2D eigenvalue weighted by Gasteiger charge is 2.34. The number of ether oxygens (including phenoxy) is 1. The largest absolute Gasteiger partial charge is 0.573 e. The number of alkyl halides is 3. The summed E-state index contributed by atoms with van der Waals surface area (Å²) in [5, 5.41) is 3.36. The zero-order chi connectivity index (χ0) is 17.2. The maximum atomic E-state index is 12.3. The first-order chi connectivity index (χ1) is 11.4. The van der Waals surface area contributed by atoms with Gasteiger partial charge in [0.15, 0.2) is 0 Å². The molecule has 1 N–H and O–H groups in total. The van der Waals surface area contributed by atoms with Crippen LogP contribution in [0.2, 0.25) is 0 Å². The van der Waals surface area contributed by atoms with Crippen LogP contribution in [0.5, 0.6) is 5.75 Å². The molecule has 0 bridgehead atoms. The van der Waals surface area contributed by atoms with Crippen molar-refractivity contribution in [1.82, 2.24) is 10.2 Å². The van der Waals surface area contributed by atoms with Gasteiger partial charge in [-0.25, -0.2) is 0 Å². The number of hydrogen-bond donors (Lipinski definition) is 1. The molecule has 2 atom stereocenters. The molecule has 1 aromatic carbocycles. The molecule has 2 unspecified atom stereocenters. The van der Waals surface area contributed by atoms with Crippen LogP contribution < -0.4 is 10.1 Å². The molecule has 1 amide bonds. The minimum Gasteiger partial charge on any atom is -0.406 e. The second-order valence-electron chi connectivity index (χ2n) is 6.20. The quantitative estimate of drug-likeness (QED) is 0.824. The van der Waals surface area contributed by atoms with E-state index in [2.05, 4.69) is 10.1 Å². The number of carbonyl (C=O) groups excluding carboxylic acids is 1. The SMILES string of the molecule is Cl.O=C(C=Cc1ccc(OC(F)(F)F)cc1)N1CCC2CNCC2C1. The maximum absolute atomic E-state index is 12.3. The van der Waals surface area contributed by atoms with Gasteiger partial charge in [0.2, 0.25) is 5.91 Å². The van der Waals surface area contributed by atoms with E-state index < -0.39 is 6.36 Å². The van der Waals surface area contributed by atoms with Crippen molar-refractivity contribution in [2.45, 2.75) is 12.8 Å². The lowest BCUT2D eigenvalue weighted by Crippen LogP contribution is -2.42. The molecule has 2 aliphatic rings. The molecule has 4 nitrogen and oxygen atoms in total. The number of rotatable bonds is 3. The highest BCUT2D eigenvalue weighted by molar-refractivity contribution is 5.91. The Labute approximate surface area is 150 Å². The molecule has 0 aliphatic carbocycles. The van der Waals surface area contributed by atoms with Gasteiger partial charge in [-0.15, -0.1) is 25.6 Å². The predicted molar refractivity (Wildman–Crippen MR) is 90.5 cm³/mol. The van der Waals surface area contributed by atoms with E-state index in [0.717, 1.165) is 32.6 Å². The van der Waals surface area contributed by atoms with Gasteiger partial charge in [-0.2, -0.15) is 0 Å². The predicted octanol–water partition coefficient (Wildman–Crippen LogP) is 3.09. The fourth-order valence-electron chi connectivity index (χ4n) is 3.29. The number of piperidine rings is 1. The smallest absolute Gasteiger partial charge is 0.406 e. The van der Waals surface area contributed by atoms with Crippen LogP contribution in [0.15, 0.2) is 30.3 Å². The lowest BCUT2D eigenvalue weighted by molar-refractivity contribution is -0.274. The third-order valence-corrected chi connectivity index (χ3v) is 4.55. The molecule has 8 heteroatoms. The minimum atomic E-state index is -4.70. The van der Waals surface area contributed by atoms with Crippen molar-refractivity contribution >= 4 is 24.4 Å². The van der Waals surface area contributed by atoms with Crippen molar-refractivity contribution in [2.75, 3.05) is 26.2 Å². The average molecular weight is 377 g/mol. The van der Waals surface area contributed by atoms with E-state index in [4.69, 9.17) is 0 Å². The second kappa shape index (κ2) is 8.10. The van der Waals surface area contributed by atoms with E-state index in [1.807, 2.05) is 4.90 Å². The van der Waals surface area contributed by atoms with Crippen LogP contribution in [0.1, 0.15) is 12.0 Å². The maximum Gasteiger partial charge on any atom is 0.573 e. The first-order valence-electron chi connectivity index (χ1n) is 7.94. The second-order valence-corrected chi connectivity index (χ2v) is 6.20. The van der Waals surface area contributed by atoms with E-state index in [1.54, 1.807) is 6.08 Å². The van der Waals surface area contributed by atoms with Crippen molar-refractivity contribution in [3.05, 3.63) is 35.9 Å². The fourth-order valence-corrected chi connectivity index (χ4v) is 3.29. The Kier molecular flexibility index (Phi) is 6.35. The van der Waals surface area contributed by atoms with Gasteiger partial charge < -0.3 is 15.0 Å². The Balaban J connectivity index is 0.00000225. The van der Waals surface area contributed by atoms with E-state index >= 15 is 0 Å². The zero-order valence-corrected chi connectivity index (χ0v) is 14.3. The number of nitrogens with zero attached hydrogens (tertiary/aromatic N) is 1. The summed E-state index contributed by atoms with van der Waals surface area (Å²) in [5.41, 5.74) is 0.648. The van der Waals surface area contributed by atoms with Crippen LogP contribution in [-0.4, -0.2) is 43.3 Å². The van der Waals surface area contributed by atoms with Gasteiger partial charge in [-0.3, -0.25) is 4.79 Å². The Bertz CT molecular complexity index is 619. The van der Waals surface area contributed by atoms with E-state index in [9.17, 15) is 18.0 Å². The Morgan fingerprint density at radius 1 is 1.20 bits per heavy atom. The molecule has 1 aromatic rings. The monoisotopic (exact) mass is 376 g/mol. The Morgan fingerprint density at radius 2 is 1.88 bits per heavy atom. The molecule has 0 radical (unpaired) electrons. The molecule has 0 spiro atoms. The first kappa shape index (κ1) is 19.6. The highest BCUT2D eigenvalue weighted by atomic mass is 35.5. The van der Waals surface area contributed by atoms with Crippen LogP contribution in [-0.2, 0) is 4.79 Å². The number of halogens is 4. The third-order valence-electron chi connectivity index (χ3n) is 4.55. The summed E-state index contributed by atoms with van der Waals surface area (Å²) in [7, 11) is 0. The number of likely N-dealkylation sites (tertiary alicyclic amines) is 1. The van der Waals surface area contributed by atoms with E-state index in [-0.39, 0.29) is 24.1 Å². The fraction of sp³-hybridized carbons (Fsp3) is 0.471. The summed E-state index contributed by atoms with van der Waals surface area (Å²) in [6.07, 6.45) is -0.601. The minimum absolute atomic E-state index is 0. The van der Waals surface area contributed by atoms with Crippen LogP contribution >= 0.6 is 12.4 Å². The lowest BCUT2D eigenvalue weighted by Gasteiger charge is -2.33. The number of amides is 1. The molecular formula is C17H20ClF3N2O2. The van der Waals surface area contributed by atoms with Crippen molar-refractivity contribution in [3.63, 3.8) is 0 Å². The van der Waals surface area contributed by atoms with Crippen LogP contribution in [0, 0.1) is 11.8 Å². The standard InChI is InChI=1S/C17H19F3N2O2.ClH/c18-17(19,20)24-15-4-1-12(2-5-15)3-6-16(23)22-8-7-13-9-21-10-14(13)11-22;/h1-6,13-14,21H,7-11H2;1H. The van der Waals surface area contributed by atoms with Crippen molar-refractivity contribution < 1.29 is 22.7 Å². The molecule has 25 heavy (non-hydrogen) atoms. The van der Waals surface area contributed by atoms with Gasteiger partial charge in [0.1, 0.15) is 5.75 Å². The normalized spacial score (nSPS) is 23.2. The number of carbonyl (C=O) groups is 1. The molecule has 3 rings (SSSR count). The van der Waals surface area contributed by atoms with Crippen molar-refractivity contribution in [2.24, 2.45) is 11.8 Å². The molecule has 2 fully saturated rings. The average Bonchev–Trinajstić information content (AvgIpc) is 3.00. The first-order valence-corrected chi connectivity index (χ1v) is 7.94. The molecule has 2 heterocycles. The summed E-state index contributed by atoms with van der Waals surface area (Å²) in [6.45, 7) is 3.51. The molecule has 0 aromatic heterocycles. The van der Waals surface area contributed by atoms with Gasteiger partial charge >= 0.3 is 6.36 Å². The summed E-state index contributed by atoms with van der Waals surface area (Å²) in [4.78, 5) is 14.1. The molecule has 2 aliphatic heterocycles. The number of hydrogen-bond acceptors (Lipinski definition) is 3. The highest BCUT2D eigenvalue weighted by Crippen LogP contribution is 2.27. The van der Waals surface area contributed by atoms with Gasteiger partial charge in [-0.05, 0) is 55.1 Å². The Morgan fingerprint density at radius 3 is 2.56 bits per heavy atom. The zero-order valence-electron chi connectivity index (χ0n) is 13.5. The van der Waals surface area contributed by atoms with Gasteiger partial charge in [0.25, 0.3) is 0 Å². The molecular weight excluding hydrogens is 357 g/mol. The van der Waals surface area contributed by atoms with Crippen molar-refractivity contribution in [3.8, 4) is 5.75 Å². The molecule has 2 saturated heterocycles. The summed E-state index contributed by atoms with van der Waals surface area (Å²) >= 11 is 0. The Hall–Kier alpha value is -1.73. The van der Waals surface area contributed by atoms with Crippen LogP contribution in [0.4, 0.5) is 13.2 Å².